The summed E-state index contributed by atoms with van der Waals surface area (Å²) in [6, 6.07) is 21.4. The molecule has 1 aromatic heterocycles. The topological polar surface area (TPSA) is 94.5 Å². The number of para-hydroxylation sites is 1. The number of methoxy groups -OCH3 is 2. The summed E-state index contributed by atoms with van der Waals surface area (Å²) in [5.41, 5.74) is 1.68. The second-order valence-electron chi connectivity index (χ2n) is 7.32. The number of nitrogens with zero attached hydrogens (tertiary/aromatic N) is 2. The first-order valence-electron chi connectivity index (χ1n) is 10.4. The minimum atomic E-state index is -0.475. The molecule has 0 unspecified atom stereocenters. The number of fused-ring (bicyclic) bond motifs is 1. The van der Waals surface area contributed by atoms with Gasteiger partial charge in [0.2, 0.25) is 0 Å². The summed E-state index contributed by atoms with van der Waals surface area (Å²) < 4.78 is 11.9. The van der Waals surface area contributed by atoms with Crippen molar-refractivity contribution in [3.8, 4) is 11.5 Å². The number of amides is 2. The molecule has 1 heterocycles. The monoisotopic (exact) mass is 444 g/mol. The maximum absolute atomic E-state index is 12.8. The van der Waals surface area contributed by atoms with Crippen molar-refractivity contribution >= 4 is 28.4 Å². The quantitative estimate of drug-likeness (QED) is 0.443. The van der Waals surface area contributed by atoms with Gasteiger partial charge in [0, 0.05) is 23.7 Å². The molecule has 0 aliphatic rings. The molecule has 0 radical (unpaired) electrons. The van der Waals surface area contributed by atoms with E-state index in [1.807, 2.05) is 36.4 Å². The number of ether oxygens (including phenoxy) is 2. The fraction of sp³-hybridized carbons (Fsp3) is 0.160. The van der Waals surface area contributed by atoms with Gasteiger partial charge in [-0.05, 0) is 48.4 Å². The lowest BCUT2D eigenvalue weighted by atomic mass is 10.1. The molecule has 3 aromatic carbocycles. The van der Waals surface area contributed by atoms with Gasteiger partial charge in [-0.15, -0.1) is 0 Å². The maximum Gasteiger partial charge on any atom is 0.349 e. The third-order valence-electron chi connectivity index (χ3n) is 5.22. The number of carbonyl (C=O) groups excluding carboxylic acids is 1. The highest BCUT2D eigenvalue weighted by Crippen LogP contribution is 2.22. The Balaban J connectivity index is 1.63. The van der Waals surface area contributed by atoms with Crippen LogP contribution in [-0.4, -0.2) is 29.8 Å². The van der Waals surface area contributed by atoms with Gasteiger partial charge in [0.25, 0.3) is 0 Å². The molecule has 0 saturated carbocycles. The fourth-order valence-corrected chi connectivity index (χ4v) is 3.52. The number of aromatic nitrogens is 2. The van der Waals surface area contributed by atoms with E-state index < -0.39 is 11.7 Å². The SMILES string of the molecule is COc1ccc(CCn2c(NC(=O)Nc3cccc(OC)c3)c3ccccc3nc2=O)cc1. The van der Waals surface area contributed by atoms with E-state index in [2.05, 4.69) is 15.6 Å². The molecule has 0 bridgehead atoms. The van der Waals surface area contributed by atoms with Crippen LogP contribution in [0.5, 0.6) is 11.5 Å². The van der Waals surface area contributed by atoms with Crippen LogP contribution in [0, 0.1) is 0 Å². The van der Waals surface area contributed by atoms with E-state index in [0.717, 1.165) is 11.3 Å². The summed E-state index contributed by atoms with van der Waals surface area (Å²) in [4.78, 5) is 29.9. The molecule has 33 heavy (non-hydrogen) atoms. The third-order valence-corrected chi connectivity index (χ3v) is 5.22. The van der Waals surface area contributed by atoms with Gasteiger partial charge in [-0.2, -0.15) is 4.98 Å². The van der Waals surface area contributed by atoms with Crippen LogP contribution in [0.3, 0.4) is 0 Å². The van der Waals surface area contributed by atoms with Crippen molar-refractivity contribution < 1.29 is 14.3 Å². The molecule has 4 aromatic rings. The first-order valence-corrected chi connectivity index (χ1v) is 10.4. The van der Waals surface area contributed by atoms with Gasteiger partial charge in [0.15, 0.2) is 0 Å². The summed E-state index contributed by atoms with van der Waals surface area (Å²) in [6.45, 7) is 0.345. The Bertz CT molecular complexity index is 1330. The van der Waals surface area contributed by atoms with Crippen LogP contribution < -0.4 is 25.8 Å². The molecule has 0 atom stereocenters. The average Bonchev–Trinajstić information content (AvgIpc) is 2.84. The highest BCUT2D eigenvalue weighted by Gasteiger charge is 2.14. The van der Waals surface area contributed by atoms with Gasteiger partial charge in [0.05, 0.1) is 19.7 Å². The van der Waals surface area contributed by atoms with E-state index in [9.17, 15) is 9.59 Å². The normalized spacial score (nSPS) is 10.6. The van der Waals surface area contributed by atoms with Crippen molar-refractivity contribution in [3.05, 3.63) is 88.8 Å². The summed E-state index contributed by atoms with van der Waals surface area (Å²) in [5.74, 6) is 1.78. The number of aryl methyl sites for hydroxylation is 1. The van der Waals surface area contributed by atoms with Crippen LogP contribution in [-0.2, 0) is 13.0 Å². The first kappa shape index (κ1) is 21.9. The molecule has 2 N–H and O–H groups in total. The summed E-state index contributed by atoms with van der Waals surface area (Å²) in [5, 5.41) is 6.30. The van der Waals surface area contributed by atoms with Crippen LogP contribution >= 0.6 is 0 Å². The van der Waals surface area contributed by atoms with Crippen molar-refractivity contribution in [2.75, 3.05) is 24.9 Å². The second-order valence-corrected chi connectivity index (χ2v) is 7.32. The zero-order valence-corrected chi connectivity index (χ0v) is 18.4. The molecule has 0 aliphatic carbocycles. The minimum absolute atomic E-state index is 0.345. The van der Waals surface area contributed by atoms with Crippen molar-refractivity contribution in [2.24, 2.45) is 0 Å². The fourth-order valence-electron chi connectivity index (χ4n) is 3.52. The maximum atomic E-state index is 12.8. The predicted octanol–water partition coefficient (Wildman–Crippen LogP) is 4.30. The Kier molecular flexibility index (Phi) is 6.54. The number of urea groups is 1. The van der Waals surface area contributed by atoms with Crippen LogP contribution in [0.15, 0.2) is 77.6 Å². The number of benzene rings is 3. The number of hydrogen-bond donors (Lipinski definition) is 2. The largest absolute Gasteiger partial charge is 0.497 e. The zero-order valence-electron chi connectivity index (χ0n) is 18.4. The zero-order chi connectivity index (χ0) is 23.2. The smallest absolute Gasteiger partial charge is 0.349 e. The van der Waals surface area contributed by atoms with Crippen LogP contribution in [0.25, 0.3) is 10.9 Å². The van der Waals surface area contributed by atoms with Gasteiger partial charge in [-0.25, -0.2) is 9.59 Å². The van der Waals surface area contributed by atoms with Gasteiger partial charge >= 0.3 is 11.7 Å². The highest BCUT2D eigenvalue weighted by atomic mass is 16.5. The van der Waals surface area contributed by atoms with E-state index in [1.165, 1.54) is 4.57 Å². The third kappa shape index (κ3) is 5.12. The van der Waals surface area contributed by atoms with Gasteiger partial charge in [-0.3, -0.25) is 9.88 Å². The summed E-state index contributed by atoms with van der Waals surface area (Å²) in [7, 11) is 3.17. The van der Waals surface area contributed by atoms with Gasteiger partial charge in [0.1, 0.15) is 17.3 Å². The second kappa shape index (κ2) is 9.86. The summed E-state index contributed by atoms with van der Waals surface area (Å²) in [6.07, 6.45) is 0.579. The van der Waals surface area contributed by atoms with Gasteiger partial charge < -0.3 is 14.8 Å². The molecule has 0 saturated heterocycles. The lowest BCUT2D eigenvalue weighted by molar-refractivity contribution is 0.262. The Hall–Kier alpha value is -4.33. The molecule has 8 nitrogen and oxygen atoms in total. The number of anilines is 2. The van der Waals surface area contributed by atoms with Crippen LogP contribution in [0.1, 0.15) is 5.56 Å². The Labute approximate surface area is 190 Å². The van der Waals surface area contributed by atoms with Crippen LogP contribution in [0.4, 0.5) is 16.3 Å². The number of hydrogen-bond acceptors (Lipinski definition) is 5. The van der Waals surface area contributed by atoms with Crippen molar-refractivity contribution in [3.63, 3.8) is 0 Å². The molecule has 4 rings (SSSR count). The average molecular weight is 444 g/mol. The summed E-state index contributed by atoms with van der Waals surface area (Å²) >= 11 is 0. The number of nitrogens with one attached hydrogen (secondary N) is 2. The Morgan fingerprint density at radius 2 is 1.67 bits per heavy atom. The molecular weight excluding hydrogens is 420 g/mol. The van der Waals surface area contributed by atoms with E-state index in [-0.39, 0.29) is 0 Å². The molecule has 2 amide bonds. The minimum Gasteiger partial charge on any atom is -0.497 e. The molecular formula is C25H24N4O4. The molecule has 0 spiro atoms. The van der Waals surface area contributed by atoms with E-state index in [1.54, 1.807) is 50.6 Å². The van der Waals surface area contributed by atoms with Crippen molar-refractivity contribution in [1.82, 2.24) is 9.55 Å². The standard InChI is InChI=1S/C25H24N4O4/c1-32-19-12-10-17(11-13-19)14-15-29-23(21-8-3-4-9-22(21)27-25(29)31)28-24(30)26-18-6-5-7-20(16-18)33-2/h3-13,16H,14-15H2,1-2H3,(H2,26,28,30). The lowest BCUT2D eigenvalue weighted by Gasteiger charge is -2.16. The molecule has 0 fully saturated rings. The lowest BCUT2D eigenvalue weighted by Crippen LogP contribution is -2.30. The van der Waals surface area contributed by atoms with Gasteiger partial charge in [-0.1, -0.05) is 30.3 Å². The van der Waals surface area contributed by atoms with E-state index in [0.29, 0.717) is 41.1 Å². The van der Waals surface area contributed by atoms with E-state index in [4.69, 9.17) is 9.47 Å². The van der Waals surface area contributed by atoms with Crippen LogP contribution in [0.2, 0.25) is 0 Å². The molecule has 0 aliphatic heterocycles. The molecule has 8 heteroatoms. The Morgan fingerprint density at radius 3 is 2.42 bits per heavy atom. The Morgan fingerprint density at radius 1 is 0.909 bits per heavy atom. The number of carbonyl (C=O) groups is 1. The van der Waals surface area contributed by atoms with E-state index >= 15 is 0 Å². The molecule has 168 valence electrons. The van der Waals surface area contributed by atoms with Crippen molar-refractivity contribution in [1.29, 1.82) is 0 Å². The number of rotatable bonds is 7. The van der Waals surface area contributed by atoms with Crippen molar-refractivity contribution in [2.45, 2.75) is 13.0 Å². The predicted molar refractivity (Wildman–Crippen MR) is 128 cm³/mol. The first-order chi connectivity index (χ1) is 16.1. The highest BCUT2D eigenvalue weighted by molar-refractivity contribution is 6.04.